The molecule has 3 aliphatic rings. The van der Waals surface area contributed by atoms with Crippen LogP contribution < -0.4 is 0 Å². The smallest absolute Gasteiger partial charge is 0.308 e. The van der Waals surface area contributed by atoms with E-state index in [4.69, 9.17) is 0 Å². The van der Waals surface area contributed by atoms with Crippen LogP contribution in [-0.4, -0.2) is 33.8 Å². The summed E-state index contributed by atoms with van der Waals surface area (Å²) in [5.74, 6) is -1.37. The van der Waals surface area contributed by atoms with Gasteiger partial charge in [-0.1, -0.05) is 0 Å². The molecule has 0 aromatic rings. The van der Waals surface area contributed by atoms with Crippen molar-refractivity contribution in [1.82, 2.24) is 4.90 Å². The maximum atomic E-state index is 11.7. The highest BCUT2D eigenvalue weighted by molar-refractivity contribution is 6.02. The van der Waals surface area contributed by atoms with Crippen molar-refractivity contribution in [2.24, 2.45) is 17.8 Å². The number of carboxylic acid groups (broad SMARTS) is 1. The van der Waals surface area contributed by atoms with Gasteiger partial charge in [-0.25, -0.2) is 0 Å². The highest BCUT2D eigenvalue weighted by Gasteiger charge is 2.56. The van der Waals surface area contributed by atoms with Crippen LogP contribution in [0.1, 0.15) is 32.1 Å². The third-order valence-electron chi connectivity index (χ3n) is 4.55. The lowest BCUT2D eigenvalue weighted by Crippen LogP contribution is -2.49. The number of likely N-dealkylation sites (tertiary alicyclic amines) is 1. The number of aliphatic carboxylic acids is 1. The zero-order chi connectivity index (χ0) is 12.2. The second kappa shape index (κ2) is 3.55. The van der Waals surface area contributed by atoms with E-state index in [0.717, 1.165) is 19.3 Å². The van der Waals surface area contributed by atoms with Crippen molar-refractivity contribution in [2.75, 3.05) is 0 Å². The monoisotopic (exact) mass is 237 g/mol. The SMILES string of the molecule is O=C(O)C1C2CCC(C2)C1N1C(=O)CCC1=O. The molecule has 0 aromatic carbocycles. The van der Waals surface area contributed by atoms with Gasteiger partial charge in [-0.3, -0.25) is 19.3 Å². The minimum Gasteiger partial charge on any atom is -0.481 e. The minimum atomic E-state index is -0.852. The first-order valence-electron chi connectivity index (χ1n) is 6.17. The normalized spacial score (nSPS) is 40.4. The third-order valence-corrected chi connectivity index (χ3v) is 4.55. The molecule has 0 aromatic heterocycles. The predicted molar refractivity (Wildman–Crippen MR) is 56.8 cm³/mol. The van der Waals surface area contributed by atoms with Gasteiger partial charge in [-0.2, -0.15) is 0 Å². The largest absolute Gasteiger partial charge is 0.481 e. The first kappa shape index (κ1) is 10.7. The first-order chi connectivity index (χ1) is 8.09. The van der Waals surface area contributed by atoms with Crippen LogP contribution in [0.4, 0.5) is 0 Å². The van der Waals surface area contributed by atoms with Crippen molar-refractivity contribution in [3.8, 4) is 0 Å². The molecular weight excluding hydrogens is 222 g/mol. The number of hydrogen-bond acceptors (Lipinski definition) is 3. The molecule has 17 heavy (non-hydrogen) atoms. The Morgan fingerprint density at radius 3 is 2.29 bits per heavy atom. The fourth-order valence-corrected chi connectivity index (χ4v) is 3.91. The number of fused-ring (bicyclic) bond motifs is 2. The molecule has 4 atom stereocenters. The molecule has 1 saturated heterocycles. The Balaban J connectivity index is 1.93. The summed E-state index contributed by atoms with van der Waals surface area (Å²) < 4.78 is 0. The number of imide groups is 1. The summed E-state index contributed by atoms with van der Waals surface area (Å²) >= 11 is 0. The Hall–Kier alpha value is -1.39. The van der Waals surface area contributed by atoms with Gasteiger partial charge in [0, 0.05) is 12.8 Å². The molecule has 3 rings (SSSR count). The minimum absolute atomic E-state index is 0.156. The fourth-order valence-electron chi connectivity index (χ4n) is 3.91. The van der Waals surface area contributed by atoms with Gasteiger partial charge in [-0.05, 0) is 31.1 Å². The first-order valence-corrected chi connectivity index (χ1v) is 6.17. The van der Waals surface area contributed by atoms with E-state index in [2.05, 4.69) is 0 Å². The third kappa shape index (κ3) is 1.41. The average molecular weight is 237 g/mol. The molecule has 1 heterocycles. The van der Waals surface area contributed by atoms with E-state index in [0.29, 0.717) is 0 Å². The highest BCUT2D eigenvalue weighted by Crippen LogP contribution is 2.51. The quantitative estimate of drug-likeness (QED) is 0.715. The number of rotatable bonds is 2. The van der Waals surface area contributed by atoms with Crippen molar-refractivity contribution in [3.05, 3.63) is 0 Å². The molecule has 2 aliphatic carbocycles. The van der Waals surface area contributed by atoms with Gasteiger partial charge in [0.25, 0.3) is 0 Å². The molecule has 1 N–H and O–H groups in total. The maximum Gasteiger partial charge on any atom is 0.308 e. The summed E-state index contributed by atoms with van der Waals surface area (Å²) in [4.78, 5) is 36.0. The summed E-state index contributed by atoms with van der Waals surface area (Å²) in [6, 6.07) is -0.367. The number of carboxylic acids is 1. The molecule has 0 spiro atoms. The van der Waals surface area contributed by atoms with Crippen molar-refractivity contribution in [3.63, 3.8) is 0 Å². The van der Waals surface area contributed by atoms with E-state index in [1.54, 1.807) is 0 Å². The molecule has 5 nitrogen and oxygen atoms in total. The van der Waals surface area contributed by atoms with Crippen molar-refractivity contribution >= 4 is 17.8 Å². The summed E-state index contributed by atoms with van der Waals surface area (Å²) in [7, 11) is 0. The maximum absolute atomic E-state index is 11.7. The molecule has 2 saturated carbocycles. The van der Waals surface area contributed by atoms with E-state index < -0.39 is 11.9 Å². The molecule has 1 aliphatic heterocycles. The molecule has 2 amide bonds. The lowest BCUT2D eigenvalue weighted by Gasteiger charge is -2.34. The van der Waals surface area contributed by atoms with Crippen molar-refractivity contribution in [1.29, 1.82) is 0 Å². The predicted octanol–water partition coefficient (Wildman–Crippen LogP) is 0.635. The molecule has 0 radical (unpaired) electrons. The summed E-state index contributed by atoms with van der Waals surface area (Å²) in [5.41, 5.74) is 0. The number of nitrogens with zero attached hydrogens (tertiary/aromatic N) is 1. The van der Waals surface area contributed by atoms with Crippen LogP contribution in [0, 0.1) is 17.8 Å². The van der Waals surface area contributed by atoms with E-state index in [9.17, 15) is 19.5 Å². The van der Waals surface area contributed by atoms with Crippen LogP contribution in [0.3, 0.4) is 0 Å². The molecule has 92 valence electrons. The molecule has 4 unspecified atom stereocenters. The summed E-state index contributed by atoms with van der Waals surface area (Å²) in [6.07, 6.45) is 3.24. The van der Waals surface area contributed by atoms with E-state index in [1.165, 1.54) is 4.90 Å². The van der Waals surface area contributed by atoms with Crippen LogP contribution in [0.15, 0.2) is 0 Å². The Bertz CT molecular complexity index is 389. The van der Waals surface area contributed by atoms with E-state index >= 15 is 0 Å². The zero-order valence-corrected chi connectivity index (χ0v) is 9.46. The van der Waals surface area contributed by atoms with Crippen LogP contribution in [0.5, 0.6) is 0 Å². The summed E-state index contributed by atoms with van der Waals surface area (Å²) in [5, 5.41) is 9.29. The molecular formula is C12H15NO4. The van der Waals surface area contributed by atoms with Crippen LogP contribution in [0.2, 0.25) is 0 Å². The Kier molecular flexibility index (Phi) is 2.24. The van der Waals surface area contributed by atoms with Crippen LogP contribution in [0.25, 0.3) is 0 Å². The lowest BCUT2D eigenvalue weighted by atomic mass is 9.83. The van der Waals surface area contributed by atoms with Crippen molar-refractivity contribution < 1.29 is 19.5 Å². The van der Waals surface area contributed by atoms with Gasteiger partial charge in [-0.15, -0.1) is 0 Å². The second-order valence-corrected chi connectivity index (χ2v) is 5.35. The van der Waals surface area contributed by atoms with Crippen LogP contribution >= 0.6 is 0 Å². The molecule has 5 heteroatoms. The Morgan fingerprint density at radius 1 is 1.12 bits per heavy atom. The topological polar surface area (TPSA) is 74.7 Å². The van der Waals surface area contributed by atoms with Gasteiger partial charge >= 0.3 is 5.97 Å². The van der Waals surface area contributed by atoms with Gasteiger partial charge in [0.15, 0.2) is 0 Å². The average Bonchev–Trinajstić information content (AvgIpc) is 2.92. The number of hydrogen-bond donors (Lipinski definition) is 1. The summed E-state index contributed by atoms with van der Waals surface area (Å²) in [6.45, 7) is 0. The van der Waals surface area contributed by atoms with Crippen LogP contribution in [-0.2, 0) is 14.4 Å². The Morgan fingerprint density at radius 2 is 1.71 bits per heavy atom. The molecule has 3 fully saturated rings. The standard InChI is InChI=1S/C12H15NO4/c14-8-3-4-9(15)13(8)11-7-2-1-6(5-7)10(11)12(16)17/h6-7,10-11H,1-5H2,(H,16,17). The number of amides is 2. The zero-order valence-electron chi connectivity index (χ0n) is 9.46. The number of carbonyl (C=O) groups excluding carboxylic acids is 2. The van der Waals surface area contributed by atoms with Gasteiger partial charge in [0.1, 0.15) is 0 Å². The molecule has 2 bridgehead atoms. The highest BCUT2D eigenvalue weighted by atomic mass is 16.4. The van der Waals surface area contributed by atoms with Gasteiger partial charge in [0.05, 0.1) is 12.0 Å². The fraction of sp³-hybridized carbons (Fsp3) is 0.750. The van der Waals surface area contributed by atoms with E-state index in [1.807, 2.05) is 0 Å². The van der Waals surface area contributed by atoms with E-state index in [-0.39, 0.29) is 42.5 Å². The number of carbonyl (C=O) groups is 3. The lowest BCUT2D eigenvalue weighted by molar-refractivity contribution is -0.151. The Labute approximate surface area is 98.8 Å². The second-order valence-electron chi connectivity index (χ2n) is 5.35. The van der Waals surface area contributed by atoms with Gasteiger partial charge < -0.3 is 5.11 Å². The van der Waals surface area contributed by atoms with Crippen molar-refractivity contribution in [2.45, 2.75) is 38.1 Å². The van der Waals surface area contributed by atoms with Gasteiger partial charge in [0.2, 0.25) is 11.8 Å².